The molecule has 0 bridgehead atoms. The molecule has 20 heavy (non-hydrogen) atoms. The summed E-state index contributed by atoms with van der Waals surface area (Å²) in [5.41, 5.74) is 0.546. The largest absolute Gasteiger partial charge is 0.328 e. The molecule has 0 fully saturated rings. The lowest BCUT2D eigenvalue weighted by atomic mass is 10.1. The van der Waals surface area contributed by atoms with Crippen molar-refractivity contribution in [2.24, 2.45) is 0 Å². The summed E-state index contributed by atoms with van der Waals surface area (Å²) in [7, 11) is -3.94. The molecule has 1 aromatic rings. The van der Waals surface area contributed by atoms with Crippen LogP contribution in [0, 0.1) is 10.1 Å². The van der Waals surface area contributed by atoms with Crippen LogP contribution in [0.15, 0.2) is 24.3 Å². The first-order valence-electron chi connectivity index (χ1n) is 6.59. The predicted octanol–water partition coefficient (Wildman–Crippen LogP) is 3.26. The second-order valence-electron chi connectivity index (χ2n) is 4.96. The molecule has 0 aliphatic carbocycles. The first-order valence-corrected chi connectivity index (χ1v) is 8.27. The van der Waals surface area contributed by atoms with Gasteiger partial charge in [-0.15, -0.1) is 0 Å². The number of unbranched alkanes of at least 4 members (excludes halogenated alkanes) is 2. The quantitative estimate of drug-likeness (QED) is 0.332. The van der Waals surface area contributed by atoms with E-state index in [1.165, 1.54) is 12.1 Å². The standard InChI is InChI=1S/C13H20NO5P/c1-11(20(17,18)19)5-3-2-4-6-12-7-9-13(10-8-12)14(15)16/h7-11H,2-6H2,1H3,(H2,17,18,19). The first kappa shape index (κ1) is 16.8. The van der Waals surface area contributed by atoms with E-state index in [1.807, 2.05) is 0 Å². The third-order valence-electron chi connectivity index (χ3n) is 3.31. The van der Waals surface area contributed by atoms with Gasteiger partial charge in [0, 0.05) is 12.1 Å². The highest BCUT2D eigenvalue weighted by molar-refractivity contribution is 7.52. The van der Waals surface area contributed by atoms with Gasteiger partial charge in [0.05, 0.1) is 10.6 Å². The molecule has 1 aromatic carbocycles. The molecule has 0 saturated carbocycles. The predicted molar refractivity (Wildman–Crippen MR) is 76.8 cm³/mol. The van der Waals surface area contributed by atoms with Gasteiger partial charge < -0.3 is 9.79 Å². The van der Waals surface area contributed by atoms with E-state index in [4.69, 9.17) is 9.79 Å². The van der Waals surface area contributed by atoms with Gasteiger partial charge in [-0.25, -0.2) is 0 Å². The third-order valence-corrected chi connectivity index (χ3v) is 4.72. The number of benzene rings is 1. The number of nitrogens with zero attached hydrogens (tertiary/aromatic N) is 1. The molecule has 2 N–H and O–H groups in total. The Morgan fingerprint density at radius 1 is 1.20 bits per heavy atom. The van der Waals surface area contributed by atoms with E-state index >= 15 is 0 Å². The molecule has 0 spiro atoms. The van der Waals surface area contributed by atoms with E-state index in [0.717, 1.165) is 31.2 Å². The maximum absolute atomic E-state index is 10.9. The number of aryl methyl sites for hydroxylation is 1. The van der Waals surface area contributed by atoms with E-state index in [2.05, 4.69) is 0 Å². The van der Waals surface area contributed by atoms with Crippen molar-refractivity contribution in [1.29, 1.82) is 0 Å². The zero-order valence-corrected chi connectivity index (χ0v) is 12.3. The molecule has 1 atom stereocenters. The van der Waals surface area contributed by atoms with Gasteiger partial charge in [0.1, 0.15) is 0 Å². The Morgan fingerprint density at radius 2 is 1.80 bits per heavy atom. The highest BCUT2D eigenvalue weighted by Crippen LogP contribution is 2.43. The molecule has 1 unspecified atom stereocenters. The number of rotatable bonds is 8. The van der Waals surface area contributed by atoms with Crippen LogP contribution in [0.1, 0.15) is 38.2 Å². The summed E-state index contributed by atoms with van der Waals surface area (Å²) < 4.78 is 10.9. The Balaban J connectivity index is 2.25. The Kier molecular flexibility index (Phi) is 6.33. The number of nitro groups is 1. The van der Waals surface area contributed by atoms with Gasteiger partial charge in [0.25, 0.3) is 5.69 Å². The molecule has 1 rings (SSSR count). The van der Waals surface area contributed by atoms with Crippen LogP contribution in [0.3, 0.4) is 0 Å². The van der Waals surface area contributed by atoms with Gasteiger partial charge in [-0.3, -0.25) is 14.7 Å². The van der Waals surface area contributed by atoms with Crippen molar-refractivity contribution in [3.05, 3.63) is 39.9 Å². The monoisotopic (exact) mass is 301 g/mol. The molecule has 7 heteroatoms. The molecule has 0 aromatic heterocycles. The normalized spacial score (nSPS) is 13.2. The minimum Gasteiger partial charge on any atom is -0.324 e. The molecule has 0 heterocycles. The lowest BCUT2D eigenvalue weighted by Gasteiger charge is -2.12. The number of hydrogen-bond acceptors (Lipinski definition) is 3. The zero-order chi connectivity index (χ0) is 15.2. The average molecular weight is 301 g/mol. The molecule has 0 amide bonds. The second kappa shape index (κ2) is 7.53. The fourth-order valence-corrected chi connectivity index (χ4v) is 2.42. The number of nitro benzene ring substituents is 1. The molecular weight excluding hydrogens is 281 g/mol. The number of hydrogen-bond donors (Lipinski definition) is 2. The molecule has 0 saturated heterocycles. The summed E-state index contributed by atoms with van der Waals surface area (Å²) >= 11 is 0. The Hall–Kier alpha value is -1.23. The van der Waals surface area contributed by atoms with Gasteiger partial charge in [0.15, 0.2) is 0 Å². The molecule has 112 valence electrons. The lowest BCUT2D eigenvalue weighted by molar-refractivity contribution is -0.384. The second-order valence-corrected chi connectivity index (χ2v) is 7.02. The van der Waals surface area contributed by atoms with Crippen LogP contribution in [0.2, 0.25) is 0 Å². The van der Waals surface area contributed by atoms with E-state index in [0.29, 0.717) is 6.42 Å². The topological polar surface area (TPSA) is 101 Å². The Morgan fingerprint density at radius 3 is 2.30 bits per heavy atom. The van der Waals surface area contributed by atoms with Crippen LogP contribution in [-0.2, 0) is 11.0 Å². The van der Waals surface area contributed by atoms with E-state index in [1.54, 1.807) is 19.1 Å². The highest BCUT2D eigenvalue weighted by atomic mass is 31.2. The average Bonchev–Trinajstić information content (AvgIpc) is 2.37. The molecule has 0 radical (unpaired) electrons. The molecule has 0 aliphatic rings. The van der Waals surface area contributed by atoms with Gasteiger partial charge in [0.2, 0.25) is 0 Å². The molecular formula is C13H20NO5P. The van der Waals surface area contributed by atoms with Crippen molar-refractivity contribution in [1.82, 2.24) is 0 Å². The first-order chi connectivity index (χ1) is 9.30. The van der Waals surface area contributed by atoms with Crippen LogP contribution < -0.4 is 0 Å². The van der Waals surface area contributed by atoms with Gasteiger partial charge in [-0.05, 0) is 24.8 Å². The number of non-ortho nitro benzene ring substituents is 1. The Labute approximate surface area is 118 Å². The van der Waals surface area contributed by atoms with Crippen LogP contribution in [-0.4, -0.2) is 20.4 Å². The van der Waals surface area contributed by atoms with Crippen molar-refractivity contribution in [2.75, 3.05) is 0 Å². The summed E-state index contributed by atoms with van der Waals surface area (Å²) in [6, 6.07) is 6.48. The smallest absolute Gasteiger partial charge is 0.324 e. The van der Waals surface area contributed by atoms with Crippen LogP contribution in [0.4, 0.5) is 5.69 Å². The summed E-state index contributed by atoms with van der Waals surface area (Å²) in [6.45, 7) is 1.57. The maximum atomic E-state index is 10.9. The van der Waals surface area contributed by atoms with Crippen molar-refractivity contribution >= 4 is 13.3 Å². The van der Waals surface area contributed by atoms with E-state index < -0.39 is 18.2 Å². The van der Waals surface area contributed by atoms with Gasteiger partial charge in [-0.1, -0.05) is 31.9 Å². The van der Waals surface area contributed by atoms with Crippen LogP contribution in [0.5, 0.6) is 0 Å². The van der Waals surface area contributed by atoms with Crippen molar-refractivity contribution in [3.63, 3.8) is 0 Å². The molecule has 0 aliphatic heterocycles. The zero-order valence-electron chi connectivity index (χ0n) is 11.4. The van der Waals surface area contributed by atoms with Gasteiger partial charge in [-0.2, -0.15) is 0 Å². The highest BCUT2D eigenvalue weighted by Gasteiger charge is 2.22. The van der Waals surface area contributed by atoms with E-state index in [9.17, 15) is 14.7 Å². The minimum atomic E-state index is -3.94. The van der Waals surface area contributed by atoms with E-state index in [-0.39, 0.29) is 5.69 Å². The Bertz CT molecular complexity index is 482. The summed E-state index contributed by atoms with van der Waals surface area (Å²) in [5.74, 6) is 0. The summed E-state index contributed by atoms with van der Waals surface area (Å²) in [5, 5.41) is 10.5. The fraction of sp³-hybridized carbons (Fsp3) is 0.538. The molecule has 6 nitrogen and oxygen atoms in total. The summed E-state index contributed by atoms with van der Waals surface area (Å²) in [6.07, 6.45) is 3.92. The van der Waals surface area contributed by atoms with Gasteiger partial charge >= 0.3 is 7.60 Å². The third kappa shape index (κ3) is 5.82. The lowest BCUT2D eigenvalue weighted by Crippen LogP contribution is -2.02. The van der Waals surface area contributed by atoms with Crippen LogP contribution >= 0.6 is 7.60 Å². The van der Waals surface area contributed by atoms with Crippen LogP contribution in [0.25, 0.3) is 0 Å². The minimum absolute atomic E-state index is 0.0872. The maximum Gasteiger partial charge on any atom is 0.328 e. The fourth-order valence-electron chi connectivity index (χ4n) is 1.90. The van der Waals surface area contributed by atoms with Crippen molar-refractivity contribution < 1.29 is 19.3 Å². The van der Waals surface area contributed by atoms with Crippen molar-refractivity contribution in [2.45, 2.75) is 44.7 Å². The summed E-state index contributed by atoms with van der Waals surface area (Å²) in [4.78, 5) is 28.0. The van der Waals surface area contributed by atoms with Crippen molar-refractivity contribution in [3.8, 4) is 0 Å². The SMILES string of the molecule is CC(CCCCCc1ccc([N+](=O)[O-])cc1)P(=O)(O)O.